The number of hydrogen-bond acceptors (Lipinski definition) is 4. The van der Waals surface area contributed by atoms with Crippen LogP contribution in [0.25, 0.3) is 0 Å². The molecule has 0 aliphatic carbocycles. The zero-order valence-electron chi connectivity index (χ0n) is 11.5. The lowest BCUT2D eigenvalue weighted by molar-refractivity contribution is 0.242. The molecule has 0 aromatic heterocycles. The van der Waals surface area contributed by atoms with Crippen molar-refractivity contribution in [1.82, 2.24) is 0 Å². The molecule has 0 atom stereocenters. The summed E-state index contributed by atoms with van der Waals surface area (Å²) in [6.45, 7) is 3.99. The van der Waals surface area contributed by atoms with E-state index >= 15 is 0 Å². The summed E-state index contributed by atoms with van der Waals surface area (Å²) >= 11 is 0. The van der Waals surface area contributed by atoms with Crippen molar-refractivity contribution < 1.29 is 8.95 Å². The van der Waals surface area contributed by atoms with Crippen molar-refractivity contribution in [3.05, 3.63) is 18.2 Å². The van der Waals surface area contributed by atoms with Gasteiger partial charge in [-0.15, -0.1) is 0 Å². The Bertz CT molecular complexity index is 453. The molecule has 1 aliphatic heterocycles. The van der Waals surface area contributed by atoms with Gasteiger partial charge >= 0.3 is 0 Å². The van der Waals surface area contributed by atoms with Gasteiger partial charge in [-0.25, -0.2) is 0 Å². The van der Waals surface area contributed by atoms with E-state index in [1.54, 1.807) is 0 Å². The number of ether oxygens (including phenoxy) is 1. The van der Waals surface area contributed by atoms with Crippen molar-refractivity contribution in [2.45, 2.75) is 38.8 Å². The molecular formula is C14H22N2O2S. The van der Waals surface area contributed by atoms with Crippen LogP contribution in [-0.4, -0.2) is 27.9 Å². The molecule has 1 aliphatic rings. The molecule has 5 heteroatoms. The zero-order chi connectivity index (χ0) is 13.8. The Labute approximate surface area is 117 Å². The van der Waals surface area contributed by atoms with E-state index < -0.39 is 10.8 Å². The Morgan fingerprint density at radius 2 is 2.00 bits per heavy atom. The van der Waals surface area contributed by atoms with Crippen LogP contribution in [-0.2, 0) is 10.8 Å². The average molecular weight is 282 g/mol. The second kappa shape index (κ2) is 6.28. The number of hydrogen-bond donors (Lipinski definition) is 2. The molecule has 3 N–H and O–H groups in total. The third kappa shape index (κ3) is 4.42. The van der Waals surface area contributed by atoms with Crippen LogP contribution >= 0.6 is 0 Å². The molecule has 106 valence electrons. The van der Waals surface area contributed by atoms with E-state index in [1.807, 2.05) is 32.0 Å². The monoisotopic (exact) mass is 282 g/mol. The molecule has 0 unspecified atom stereocenters. The molecule has 0 bridgehead atoms. The Kier molecular flexibility index (Phi) is 4.69. The minimum atomic E-state index is -0.625. The Morgan fingerprint density at radius 3 is 2.63 bits per heavy atom. The molecule has 1 heterocycles. The Balaban J connectivity index is 2.03. The van der Waals surface area contributed by atoms with Crippen LogP contribution in [0.15, 0.2) is 18.2 Å². The van der Waals surface area contributed by atoms with Gasteiger partial charge in [-0.05, 0) is 32.8 Å². The smallest absolute Gasteiger partial charge is 0.123 e. The van der Waals surface area contributed by atoms with Gasteiger partial charge in [0.15, 0.2) is 0 Å². The highest BCUT2D eigenvalue weighted by molar-refractivity contribution is 7.85. The predicted octanol–water partition coefficient (Wildman–Crippen LogP) is 2.38. The topological polar surface area (TPSA) is 64.3 Å². The molecule has 0 saturated carbocycles. The number of nitrogens with two attached hydrogens (primary N) is 1. The van der Waals surface area contributed by atoms with Gasteiger partial charge in [0, 0.05) is 51.9 Å². The Morgan fingerprint density at radius 1 is 1.32 bits per heavy atom. The largest absolute Gasteiger partial charge is 0.491 e. The SMILES string of the molecule is CC(C)Oc1cc(N)cc(NC2CCS(=O)CC2)c1. The van der Waals surface area contributed by atoms with Crippen LogP contribution in [0.3, 0.4) is 0 Å². The lowest BCUT2D eigenvalue weighted by Gasteiger charge is -2.24. The van der Waals surface area contributed by atoms with E-state index in [0.717, 1.165) is 35.8 Å². The summed E-state index contributed by atoms with van der Waals surface area (Å²) < 4.78 is 17.0. The predicted molar refractivity (Wildman–Crippen MR) is 81.1 cm³/mol. The molecule has 4 nitrogen and oxygen atoms in total. The number of benzene rings is 1. The first-order chi connectivity index (χ1) is 9.02. The molecule has 19 heavy (non-hydrogen) atoms. The first kappa shape index (κ1) is 14.2. The normalized spacial score (nSPS) is 23.3. The van der Waals surface area contributed by atoms with E-state index in [2.05, 4.69) is 5.32 Å². The summed E-state index contributed by atoms with van der Waals surface area (Å²) in [6.07, 6.45) is 2.02. The highest BCUT2D eigenvalue weighted by Crippen LogP contribution is 2.25. The second-order valence-corrected chi connectivity index (χ2v) is 6.92. The fraction of sp³-hybridized carbons (Fsp3) is 0.571. The van der Waals surface area contributed by atoms with Gasteiger partial charge in [0.25, 0.3) is 0 Å². The quantitative estimate of drug-likeness (QED) is 0.832. The third-order valence-corrected chi connectivity index (χ3v) is 4.44. The fourth-order valence-electron chi connectivity index (χ4n) is 2.22. The van der Waals surface area contributed by atoms with Gasteiger partial charge in [-0.2, -0.15) is 0 Å². The van der Waals surface area contributed by atoms with Gasteiger partial charge in [-0.3, -0.25) is 4.21 Å². The zero-order valence-corrected chi connectivity index (χ0v) is 12.3. The lowest BCUT2D eigenvalue weighted by Crippen LogP contribution is -2.29. The second-order valence-electron chi connectivity index (χ2n) is 5.22. The standard InChI is InChI=1S/C14H22N2O2S/c1-10(2)18-14-8-11(15)7-13(9-14)16-12-3-5-19(17)6-4-12/h7-10,12,16H,3-6,15H2,1-2H3. The summed E-state index contributed by atoms with van der Waals surface area (Å²) in [6, 6.07) is 6.10. The van der Waals surface area contributed by atoms with E-state index in [1.165, 1.54) is 0 Å². The minimum Gasteiger partial charge on any atom is -0.491 e. The van der Waals surface area contributed by atoms with Crippen molar-refractivity contribution >= 4 is 22.2 Å². The van der Waals surface area contributed by atoms with Crippen LogP contribution in [0, 0.1) is 0 Å². The van der Waals surface area contributed by atoms with Crippen molar-refractivity contribution in [2.75, 3.05) is 22.6 Å². The molecule has 1 aromatic carbocycles. The molecule has 1 saturated heterocycles. The first-order valence-corrected chi connectivity index (χ1v) is 8.20. The molecule has 0 radical (unpaired) electrons. The molecule has 2 rings (SSSR count). The molecule has 1 fully saturated rings. The van der Waals surface area contributed by atoms with Gasteiger partial charge < -0.3 is 15.8 Å². The molecule has 0 spiro atoms. The van der Waals surface area contributed by atoms with Crippen LogP contribution < -0.4 is 15.8 Å². The maximum atomic E-state index is 11.3. The van der Waals surface area contributed by atoms with Crippen LogP contribution in [0.1, 0.15) is 26.7 Å². The number of rotatable bonds is 4. The van der Waals surface area contributed by atoms with Crippen molar-refractivity contribution in [2.24, 2.45) is 0 Å². The Hall–Kier alpha value is -1.23. The number of nitrogen functional groups attached to an aromatic ring is 1. The maximum Gasteiger partial charge on any atom is 0.123 e. The average Bonchev–Trinajstić information content (AvgIpc) is 2.30. The first-order valence-electron chi connectivity index (χ1n) is 6.71. The van der Waals surface area contributed by atoms with E-state index in [4.69, 9.17) is 10.5 Å². The van der Waals surface area contributed by atoms with E-state index in [9.17, 15) is 4.21 Å². The summed E-state index contributed by atoms with van der Waals surface area (Å²) in [7, 11) is -0.625. The molecule has 0 amide bonds. The van der Waals surface area contributed by atoms with E-state index in [-0.39, 0.29) is 6.10 Å². The summed E-state index contributed by atoms with van der Waals surface area (Å²) in [5.41, 5.74) is 7.57. The van der Waals surface area contributed by atoms with Crippen molar-refractivity contribution in [1.29, 1.82) is 0 Å². The highest BCUT2D eigenvalue weighted by Gasteiger charge is 2.17. The summed E-state index contributed by atoms with van der Waals surface area (Å²) in [4.78, 5) is 0. The van der Waals surface area contributed by atoms with Crippen molar-refractivity contribution in [3.63, 3.8) is 0 Å². The maximum absolute atomic E-state index is 11.3. The van der Waals surface area contributed by atoms with Crippen molar-refractivity contribution in [3.8, 4) is 5.75 Å². The van der Waals surface area contributed by atoms with Gasteiger partial charge in [-0.1, -0.05) is 0 Å². The van der Waals surface area contributed by atoms with Crippen LogP contribution in [0.2, 0.25) is 0 Å². The number of nitrogens with one attached hydrogen (secondary N) is 1. The fourth-order valence-corrected chi connectivity index (χ4v) is 3.52. The molecule has 1 aromatic rings. The van der Waals surface area contributed by atoms with Crippen LogP contribution in [0.5, 0.6) is 5.75 Å². The lowest BCUT2D eigenvalue weighted by atomic mass is 10.1. The highest BCUT2D eigenvalue weighted by atomic mass is 32.2. The summed E-state index contributed by atoms with van der Waals surface area (Å²) in [5.74, 6) is 2.36. The van der Waals surface area contributed by atoms with E-state index in [0.29, 0.717) is 11.7 Å². The molecular weight excluding hydrogens is 260 g/mol. The van der Waals surface area contributed by atoms with Gasteiger partial charge in [0.05, 0.1) is 6.10 Å². The van der Waals surface area contributed by atoms with Crippen LogP contribution in [0.4, 0.5) is 11.4 Å². The minimum absolute atomic E-state index is 0.131. The summed E-state index contributed by atoms with van der Waals surface area (Å²) in [5, 5.41) is 3.46. The third-order valence-electron chi connectivity index (χ3n) is 3.06. The number of anilines is 2. The van der Waals surface area contributed by atoms with Gasteiger partial charge in [0.1, 0.15) is 5.75 Å². The van der Waals surface area contributed by atoms with Gasteiger partial charge in [0.2, 0.25) is 0 Å².